The summed E-state index contributed by atoms with van der Waals surface area (Å²) in [6.07, 6.45) is 2.12. The number of carbonyl (C=O) groups excluding carboxylic acids is 1. The predicted octanol–water partition coefficient (Wildman–Crippen LogP) is 1.13. The lowest BCUT2D eigenvalue weighted by Crippen LogP contribution is -2.52. The van der Waals surface area contributed by atoms with E-state index in [9.17, 15) is 23.1 Å². The van der Waals surface area contributed by atoms with Gasteiger partial charge in [-0.05, 0) is 19.4 Å². The maximum atomic E-state index is 12.6. The molecule has 10 heteroatoms. The van der Waals surface area contributed by atoms with E-state index in [1.54, 1.807) is 11.8 Å². The maximum Gasteiger partial charge on any atom is 0.329 e. The quantitative estimate of drug-likeness (QED) is 0.643. The Balaban J connectivity index is 2.17. The smallest absolute Gasteiger partial charge is 0.329 e. The monoisotopic (exact) mass is 389 g/mol. The highest BCUT2D eigenvalue weighted by atomic mass is 32.2. The van der Waals surface area contributed by atoms with Crippen molar-refractivity contribution in [2.45, 2.75) is 37.1 Å². The van der Waals surface area contributed by atoms with E-state index in [4.69, 9.17) is 0 Å². The van der Waals surface area contributed by atoms with Crippen LogP contribution in [0.25, 0.3) is 0 Å². The van der Waals surface area contributed by atoms with Gasteiger partial charge in [0.1, 0.15) is 16.1 Å². The fourth-order valence-corrected chi connectivity index (χ4v) is 5.20. The Morgan fingerprint density at radius 2 is 2.04 bits per heavy atom. The van der Waals surface area contributed by atoms with Crippen molar-refractivity contribution in [1.82, 2.24) is 14.6 Å². The van der Waals surface area contributed by atoms with Crippen LogP contribution in [0.2, 0.25) is 0 Å². The lowest BCUT2D eigenvalue weighted by atomic mass is 9.96. The number of nitrogens with one attached hydrogen (secondary N) is 2. The van der Waals surface area contributed by atoms with Gasteiger partial charge in [-0.3, -0.25) is 4.79 Å². The molecule has 0 spiro atoms. The molecule has 0 radical (unpaired) electrons. The van der Waals surface area contributed by atoms with Crippen LogP contribution in [0.4, 0.5) is 0 Å². The minimum Gasteiger partial charge on any atom is -0.480 e. The highest BCUT2D eigenvalue weighted by Gasteiger charge is 2.35. The Bertz CT molecular complexity index is 740. The third kappa shape index (κ3) is 4.36. The number of sulfonamides is 1. The summed E-state index contributed by atoms with van der Waals surface area (Å²) in [6.45, 7) is 4.13. The zero-order chi connectivity index (χ0) is 18.7. The molecule has 1 fully saturated rings. The van der Waals surface area contributed by atoms with E-state index in [-0.39, 0.29) is 17.0 Å². The van der Waals surface area contributed by atoms with E-state index in [1.165, 1.54) is 23.5 Å². The molecule has 140 valence electrons. The molecule has 3 N–H and O–H groups in total. The molecule has 1 saturated heterocycles. The molecule has 2 rings (SSSR count). The van der Waals surface area contributed by atoms with E-state index in [0.717, 1.165) is 11.5 Å². The highest BCUT2D eigenvalue weighted by Crippen LogP contribution is 2.21. The van der Waals surface area contributed by atoms with E-state index in [1.807, 2.05) is 6.92 Å². The molecule has 1 aliphatic rings. The van der Waals surface area contributed by atoms with Crippen molar-refractivity contribution in [3.05, 3.63) is 18.0 Å². The standard InChI is InChI=1S/C15H23N3O5S2/c1-3-4-15(2,14(20)21)17-13(19)12-9-11(10-16-12)25(22,23)18-5-7-24-8-6-18/h9-10,16H,3-8H2,1-2H3,(H,17,19)(H,20,21). The normalized spacial score (nSPS) is 18.5. The summed E-state index contributed by atoms with van der Waals surface area (Å²) in [4.78, 5) is 26.4. The highest BCUT2D eigenvalue weighted by molar-refractivity contribution is 7.99. The Morgan fingerprint density at radius 1 is 1.40 bits per heavy atom. The number of aromatic nitrogens is 1. The van der Waals surface area contributed by atoms with Crippen molar-refractivity contribution in [3.63, 3.8) is 0 Å². The second-order valence-electron chi connectivity index (χ2n) is 6.11. The van der Waals surface area contributed by atoms with Crippen LogP contribution in [0.15, 0.2) is 17.2 Å². The first-order valence-corrected chi connectivity index (χ1v) is 10.6. The average molecular weight is 389 g/mol. The summed E-state index contributed by atoms with van der Waals surface area (Å²) in [7, 11) is -3.65. The molecule has 2 heterocycles. The molecule has 8 nitrogen and oxygen atoms in total. The molecule has 0 saturated carbocycles. The van der Waals surface area contributed by atoms with E-state index in [2.05, 4.69) is 10.3 Å². The van der Waals surface area contributed by atoms with Crippen LogP contribution in [0, 0.1) is 0 Å². The maximum absolute atomic E-state index is 12.6. The molecule has 1 aromatic heterocycles. The summed E-state index contributed by atoms with van der Waals surface area (Å²) in [5.74, 6) is -0.294. The first kappa shape index (κ1) is 19.8. The second kappa shape index (κ2) is 7.79. The van der Waals surface area contributed by atoms with Crippen molar-refractivity contribution < 1.29 is 23.1 Å². The van der Waals surface area contributed by atoms with Crippen molar-refractivity contribution in [2.75, 3.05) is 24.6 Å². The van der Waals surface area contributed by atoms with Gasteiger partial charge in [-0.25, -0.2) is 13.2 Å². The summed E-state index contributed by atoms with van der Waals surface area (Å²) in [5, 5.41) is 11.8. The van der Waals surface area contributed by atoms with E-state index >= 15 is 0 Å². The summed E-state index contributed by atoms with van der Waals surface area (Å²) in [5.41, 5.74) is -1.38. The molecule has 0 aromatic carbocycles. The molecule has 0 aliphatic carbocycles. The molecule has 1 amide bonds. The van der Waals surface area contributed by atoms with Crippen LogP contribution in [0.3, 0.4) is 0 Å². The van der Waals surface area contributed by atoms with Gasteiger partial charge in [0.15, 0.2) is 0 Å². The van der Waals surface area contributed by atoms with Gasteiger partial charge < -0.3 is 15.4 Å². The number of carbonyl (C=O) groups is 2. The van der Waals surface area contributed by atoms with E-state index < -0.39 is 27.4 Å². The van der Waals surface area contributed by atoms with Crippen molar-refractivity contribution in [3.8, 4) is 0 Å². The second-order valence-corrected chi connectivity index (χ2v) is 9.27. The van der Waals surface area contributed by atoms with Gasteiger partial charge in [0.2, 0.25) is 10.0 Å². The van der Waals surface area contributed by atoms with Crippen LogP contribution >= 0.6 is 11.8 Å². The topological polar surface area (TPSA) is 120 Å². The van der Waals surface area contributed by atoms with Crippen LogP contribution in [-0.4, -0.2) is 64.8 Å². The minimum atomic E-state index is -3.65. The minimum absolute atomic E-state index is 0.0112. The number of rotatable bonds is 7. The largest absolute Gasteiger partial charge is 0.480 e. The predicted molar refractivity (Wildman–Crippen MR) is 95.3 cm³/mol. The zero-order valence-corrected chi connectivity index (χ0v) is 15.9. The van der Waals surface area contributed by atoms with Crippen LogP contribution in [0.1, 0.15) is 37.2 Å². The van der Waals surface area contributed by atoms with Gasteiger partial charge in [0.25, 0.3) is 5.91 Å². The molecular weight excluding hydrogens is 366 g/mol. The molecule has 25 heavy (non-hydrogen) atoms. The van der Waals surface area contributed by atoms with Gasteiger partial charge in [-0.15, -0.1) is 0 Å². The van der Waals surface area contributed by atoms with Crippen molar-refractivity contribution >= 4 is 33.7 Å². The molecule has 0 bridgehead atoms. The number of aliphatic carboxylic acids is 1. The Kier molecular flexibility index (Phi) is 6.17. The molecule has 1 unspecified atom stereocenters. The van der Waals surface area contributed by atoms with E-state index in [0.29, 0.717) is 19.5 Å². The van der Waals surface area contributed by atoms with Gasteiger partial charge >= 0.3 is 5.97 Å². The first-order valence-electron chi connectivity index (χ1n) is 8.03. The van der Waals surface area contributed by atoms with Crippen LogP contribution < -0.4 is 5.32 Å². The first-order chi connectivity index (χ1) is 11.7. The molecule has 1 aliphatic heterocycles. The number of amides is 1. The lowest BCUT2D eigenvalue weighted by Gasteiger charge is -2.25. The zero-order valence-electron chi connectivity index (χ0n) is 14.2. The lowest BCUT2D eigenvalue weighted by molar-refractivity contribution is -0.144. The molecule has 1 aromatic rings. The Hall–Kier alpha value is -1.52. The van der Waals surface area contributed by atoms with Gasteiger partial charge in [0.05, 0.1) is 0 Å². The number of thioether (sulfide) groups is 1. The Morgan fingerprint density at radius 3 is 2.60 bits per heavy atom. The molecular formula is C15H23N3O5S2. The summed E-state index contributed by atoms with van der Waals surface area (Å²) >= 11 is 1.70. The SMILES string of the molecule is CCCC(C)(NC(=O)c1cc(S(=O)(=O)N2CCSCC2)c[nH]1)C(=O)O. The number of aromatic amines is 1. The third-order valence-corrected chi connectivity index (χ3v) is 6.94. The van der Waals surface area contributed by atoms with Crippen LogP contribution in [0.5, 0.6) is 0 Å². The fourth-order valence-electron chi connectivity index (χ4n) is 2.63. The summed E-state index contributed by atoms with van der Waals surface area (Å²) in [6, 6.07) is 1.25. The molecule has 1 atom stereocenters. The summed E-state index contributed by atoms with van der Waals surface area (Å²) < 4.78 is 26.6. The van der Waals surface area contributed by atoms with Gasteiger partial charge in [-0.1, -0.05) is 13.3 Å². The number of hydrogen-bond acceptors (Lipinski definition) is 5. The van der Waals surface area contributed by atoms with Crippen molar-refractivity contribution in [1.29, 1.82) is 0 Å². The van der Waals surface area contributed by atoms with Gasteiger partial charge in [0, 0.05) is 30.8 Å². The fraction of sp³-hybridized carbons (Fsp3) is 0.600. The number of nitrogens with zero attached hydrogens (tertiary/aromatic N) is 1. The average Bonchev–Trinajstić information content (AvgIpc) is 3.06. The van der Waals surface area contributed by atoms with Crippen molar-refractivity contribution in [2.24, 2.45) is 0 Å². The van der Waals surface area contributed by atoms with Crippen LogP contribution in [-0.2, 0) is 14.8 Å². The number of carboxylic acids is 1. The van der Waals surface area contributed by atoms with Gasteiger partial charge in [-0.2, -0.15) is 16.1 Å². The Labute approximate surface area is 151 Å². The number of carboxylic acid groups (broad SMARTS) is 1. The number of H-pyrrole nitrogens is 1. The third-order valence-electron chi connectivity index (χ3n) is 4.12. The number of hydrogen-bond donors (Lipinski definition) is 3.